The Morgan fingerprint density at radius 3 is 2.92 bits per heavy atom. The summed E-state index contributed by atoms with van der Waals surface area (Å²) in [7, 11) is -3.72. The number of aromatic nitrogens is 2. The molecule has 0 saturated carbocycles. The quantitative estimate of drug-likeness (QED) is 0.754. The lowest BCUT2D eigenvalue weighted by molar-refractivity contribution is 0.439. The number of pyridine rings is 1. The molecular formula is C18H20N4O3S. The molecule has 1 aliphatic rings. The van der Waals surface area contributed by atoms with Gasteiger partial charge in [-0.15, -0.1) is 0 Å². The largest absolute Gasteiger partial charge is 0.336 e. The zero-order chi connectivity index (χ0) is 18.3. The minimum atomic E-state index is -3.72. The molecule has 0 amide bonds. The van der Waals surface area contributed by atoms with Crippen LogP contribution in [0.4, 0.5) is 5.69 Å². The fourth-order valence-corrected chi connectivity index (χ4v) is 4.89. The van der Waals surface area contributed by atoms with Gasteiger partial charge in [-0.2, -0.15) is 0 Å². The number of hydrogen-bond donors (Lipinski definition) is 1. The van der Waals surface area contributed by atoms with E-state index in [2.05, 4.69) is 10.1 Å². The molecule has 0 unspecified atom stereocenters. The lowest BCUT2D eigenvalue weighted by Gasteiger charge is -2.30. The van der Waals surface area contributed by atoms with Crippen molar-refractivity contribution in [3.05, 3.63) is 47.3 Å². The van der Waals surface area contributed by atoms with E-state index in [9.17, 15) is 8.42 Å². The third-order valence-corrected chi connectivity index (χ3v) is 6.54. The summed E-state index contributed by atoms with van der Waals surface area (Å²) in [6, 6.07) is 7.32. The Hall–Kier alpha value is -2.45. The molecule has 0 radical (unpaired) electrons. The SMILES string of the molecule is CCc1noc2ncc(S(=O)(=O)N3CCCc4cc(CN)ccc43)cc12. The van der Waals surface area contributed by atoms with Crippen molar-refractivity contribution in [2.24, 2.45) is 5.73 Å². The molecule has 0 atom stereocenters. The maximum atomic E-state index is 13.3. The van der Waals surface area contributed by atoms with E-state index in [0.29, 0.717) is 36.3 Å². The van der Waals surface area contributed by atoms with E-state index in [1.54, 1.807) is 6.07 Å². The van der Waals surface area contributed by atoms with E-state index < -0.39 is 10.0 Å². The second-order valence-corrected chi connectivity index (χ2v) is 8.22. The average molecular weight is 372 g/mol. The second-order valence-electron chi connectivity index (χ2n) is 6.35. The average Bonchev–Trinajstić information content (AvgIpc) is 3.09. The fourth-order valence-electron chi connectivity index (χ4n) is 3.38. The number of benzene rings is 1. The predicted octanol–water partition coefficient (Wildman–Crippen LogP) is 2.39. The molecule has 2 N–H and O–H groups in total. The van der Waals surface area contributed by atoms with Crippen LogP contribution in [0.2, 0.25) is 0 Å². The number of sulfonamides is 1. The van der Waals surface area contributed by atoms with Crippen molar-refractivity contribution < 1.29 is 12.9 Å². The van der Waals surface area contributed by atoms with Crippen LogP contribution in [0, 0.1) is 0 Å². The van der Waals surface area contributed by atoms with E-state index in [1.165, 1.54) is 10.5 Å². The van der Waals surface area contributed by atoms with Gasteiger partial charge in [0, 0.05) is 13.1 Å². The maximum absolute atomic E-state index is 13.3. The molecule has 26 heavy (non-hydrogen) atoms. The first kappa shape index (κ1) is 17.0. The Bertz CT molecular complexity index is 1080. The Kier molecular flexibility index (Phi) is 4.16. The standard InChI is InChI=1S/C18H20N4O3S/c1-2-16-15-9-14(11-20-18(15)25-21-16)26(23,24)22-7-3-4-13-8-12(10-19)5-6-17(13)22/h5-6,8-9,11H,2-4,7,10,19H2,1H3. The smallest absolute Gasteiger partial charge is 0.265 e. The molecule has 7 nitrogen and oxygen atoms in total. The van der Waals surface area contributed by atoms with Gasteiger partial charge in [-0.05, 0) is 42.5 Å². The van der Waals surface area contributed by atoms with Gasteiger partial charge in [-0.25, -0.2) is 13.4 Å². The Morgan fingerprint density at radius 1 is 1.31 bits per heavy atom. The van der Waals surface area contributed by atoms with E-state index in [-0.39, 0.29) is 4.90 Å². The number of nitrogens with two attached hydrogens (primary N) is 1. The van der Waals surface area contributed by atoms with Gasteiger partial charge in [-0.1, -0.05) is 24.2 Å². The zero-order valence-corrected chi connectivity index (χ0v) is 15.3. The predicted molar refractivity (Wildman–Crippen MR) is 98.4 cm³/mol. The van der Waals surface area contributed by atoms with Crippen molar-refractivity contribution in [3.8, 4) is 0 Å². The number of aryl methyl sites for hydroxylation is 2. The van der Waals surface area contributed by atoms with Gasteiger partial charge >= 0.3 is 0 Å². The molecule has 0 spiro atoms. The van der Waals surface area contributed by atoms with Crippen molar-refractivity contribution in [3.63, 3.8) is 0 Å². The second kappa shape index (κ2) is 6.37. The van der Waals surface area contributed by atoms with Crippen LogP contribution in [0.15, 0.2) is 39.9 Å². The third-order valence-electron chi connectivity index (χ3n) is 4.76. The molecule has 3 aromatic rings. The molecular weight excluding hydrogens is 352 g/mol. The third kappa shape index (κ3) is 2.65. The van der Waals surface area contributed by atoms with Gasteiger partial charge in [-0.3, -0.25) is 4.31 Å². The molecule has 1 aromatic carbocycles. The van der Waals surface area contributed by atoms with Crippen LogP contribution in [0.5, 0.6) is 0 Å². The summed E-state index contributed by atoms with van der Waals surface area (Å²) in [6.45, 7) is 2.82. The van der Waals surface area contributed by atoms with Crippen molar-refractivity contribution in [2.45, 2.75) is 37.6 Å². The topological polar surface area (TPSA) is 102 Å². The van der Waals surface area contributed by atoms with Crippen molar-refractivity contribution in [1.29, 1.82) is 0 Å². The van der Waals surface area contributed by atoms with Crippen molar-refractivity contribution in [1.82, 2.24) is 10.1 Å². The summed E-state index contributed by atoms with van der Waals surface area (Å²) in [4.78, 5) is 4.29. The molecule has 0 saturated heterocycles. The lowest BCUT2D eigenvalue weighted by Crippen LogP contribution is -2.35. The summed E-state index contributed by atoms with van der Waals surface area (Å²) in [5, 5.41) is 4.59. The minimum absolute atomic E-state index is 0.152. The highest BCUT2D eigenvalue weighted by atomic mass is 32.2. The molecule has 136 valence electrons. The maximum Gasteiger partial charge on any atom is 0.265 e. The van der Waals surface area contributed by atoms with Gasteiger partial charge in [0.25, 0.3) is 15.7 Å². The van der Waals surface area contributed by atoms with Gasteiger partial charge in [0.1, 0.15) is 4.90 Å². The lowest BCUT2D eigenvalue weighted by atomic mass is 10.0. The highest BCUT2D eigenvalue weighted by Crippen LogP contribution is 2.33. The first-order valence-corrected chi connectivity index (χ1v) is 10.1. The number of anilines is 1. The zero-order valence-electron chi connectivity index (χ0n) is 14.5. The first-order valence-electron chi connectivity index (χ1n) is 8.63. The van der Waals surface area contributed by atoms with Crippen LogP contribution in [-0.4, -0.2) is 25.1 Å². The molecule has 2 aromatic heterocycles. The van der Waals surface area contributed by atoms with Gasteiger partial charge in [0.05, 0.1) is 23.0 Å². The minimum Gasteiger partial charge on any atom is -0.336 e. The van der Waals surface area contributed by atoms with Crippen molar-refractivity contribution >= 4 is 26.8 Å². The van der Waals surface area contributed by atoms with Gasteiger partial charge < -0.3 is 10.3 Å². The van der Waals surface area contributed by atoms with Crippen LogP contribution in [0.25, 0.3) is 11.1 Å². The first-order chi connectivity index (χ1) is 12.5. The van der Waals surface area contributed by atoms with Gasteiger partial charge in [0.2, 0.25) is 0 Å². The van der Waals surface area contributed by atoms with E-state index in [1.807, 2.05) is 25.1 Å². The summed E-state index contributed by atoms with van der Waals surface area (Å²) in [5.41, 5.74) is 9.50. The van der Waals surface area contributed by atoms with Crippen LogP contribution >= 0.6 is 0 Å². The van der Waals surface area contributed by atoms with E-state index in [4.69, 9.17) is 10.3 Å². The molecule has 0 aliphatic carbocycles. The highest BCUT2D eigenvalue weighted by Gasteiger charge is 2.30. The van der Waals surface area contributed by atoms with E-state index >= 15 is 0 Å². The molecule has 3 heterocycles. The Labute approximate surface area is 151 Å². The number of fused-ring (bicyclic) bond motifs is 2. The molecule has 0 fully saturated rings. The van der Waals surface area contributed by atoms with Crippen molar-refractivity contribution in [2.75, 3.05) is 10.8 Å². The molecule has 8 heteroatoms. The summed E-state index contributed by atoms with van der Waals surface area (Å²) in [6.07, 6.45) is 3.60. The summed E-state index contributed by atoms with van der Waals surface area (Å²) < 4.78 is 33.2. The Morgan fingerprint density at radius 2 is 2.15 bits per heavy atom. The molecule has 1 aliphatic heterocycles. The fraction of sp³-hybridized carbons (Fsp3) is 0.333. The van der Waals surface area contributed by atoms with Crippen LogP contribution in [0.1, 0.15) is 30.2 Å². The van der Waals surface area contributed by atoms with Crippen LogP contribution in [-0.2, 0) is 29.4 Å². The van der Waals surface area contributed by atoms with Crippen LogP contribution < -0.4 is 10.0 Å². The molecule has 4 rings (SSSR count). The summed E-state index contributed by atoms with van der Waals surface area (Å²) >= 11 is 0. The van der Waals surface area contributed by atoms with Crippen LogP contribution in [0.3, 0.4) is 0 Å². The number of hydrogen-bond acceptors (Lipinski definition) is 6. The van der Waals surface area contributed by atoms with Gasteiger partial charge in [0.15, 0.2) is 0 Å². The Balaban J connectivity index is 1.81. The summed E-state index contributed by atoms with van der Waals surface area (Å²) in [5.74, 6) is 0. The normalized spacial score (nSPS) is 14.6. The number of rotatable bonds is 4. The molecule has 0 bridgehead atoms. The highest BCUT2D eigenvalue weighted by molar-refractivity contribution is 7.92. The monoisotopic (exact) mass is 372 g/mol. The van der Waals surface area contributed by atoms with E-state index in [0.717, 1.165) is 29.7 Å². The number of nitrogens with zero attached hydrogens (tertiary/aromatic N) is 3.